The van der Waals surface area contributed by atoms with E-state index >= 15 is 0 Å². The summed E-state index contributed by atoms with van der Waals surface area (Å²) in [4.78, 5) is -0.814. The molecule has 0 radical (unpaired) electrons. The zero-order valence-electron chi connectivity index (χ0n) is 11.7. The monoisotopic (exact) mass is 335 g/mol. The van der Waals surface area contributed by atoms with Crippen LogP contribution in [0.15, 0.2) is 34.1 Å². The molecule has 1 fully saturated rings. The lowest BCUT2D eigenvalue weighted by atomic mass is 10.0. The SMILES string of the molecule is CCCC1CCN(S(=O)(=O)c2cccc(S(=O)(=O)F)c2)C1. The summed E-state index contributed by atoms with van der Waals surface area (Å²) in [5.74, 6) is 0.331. The molecule has 21 heavy (non-hydrogen) atoms. The largest absolute Gasteiger partial charge is 0.332 e. The summed E-state index contributed by atoms with van der Waals surface area (Å²) in [6, 6.07) is 4.44. The fraction of sp³-hybridized carbons (Fsp3) is 0.538. The molecule has 0 saturated carbocycles. The highest BCUT2D eigenvalue weighted by atomic mass is 32.3. The quantitative estimate of drug-likeness (QED) is 0.773. The Labute approximate surface area is 125 Å². The molecule has 1 atom stereocenters. The number of benzene rings is 1. The Morgan fingerprint density at radius 2 is 1.90 bits per heavy atom. The Bertz CT molecular complexity index is 715. The third kappa shape index (κ3) is 3.61. The van der Waals surface area contributed by atoms with Gasteiger partial charge in [0.05, 0.1) is 9.79 Å². The van der Waals surface area contributed by atoms with Gasteiger partial charge in [-0.2, -0.15) is 12.7 Å². The van der Waals surface area contributed by atoms with Crippen LogP contribution in [-0.4, -0.2) is 34.2 Å². The molecule has 0 N–H and O–H groups in total. The maximum absolute atomic E-state index is 13.0. The van der Waals surface area contributed by atoms with E-state index in [4.69, 9.17) is 0 Å². The van der Waals surface area contributed by atoms with Crippen molar-refractivity contribution >= 4 is 20.2 Å². The fourth-order valence-electron chi connectivity index (χ4n) is 2.59. The number of halogens is 1. The van der Waals surface area contributed by atoms with Crippen LogP contribution >= 0.6 is 0 Å². The van der Waals surface area contributed by atoms with Gasteiger partial charge in [-0.05, 0) is 37.0 Å². The molecule has 0 amide bonds. The van der Waals surface area contributed by atoms with E-state index in [-0.39, 0.29) is 4.90 Å². The smallest absolute Gasteiger partial charge is 0.207 e. The molecule has 1 saturated heterocycles. The Kier molecular flexibility index (Phi) is 4.69. The first-order valence-electron chi connectivity index (χ1n) is 6.80. The molecule has 1 heterocycles. The van der Waals surface area contributed by atoms with Gasteiger partial charge in [-0.25, -0.2) is 8.42 Å². The van der Waals surface area contributed by atoms with Crippen molar-refractivity contribution < 1.29 is 20.7 Å². The number of nitrogens with zero attached hydrogens (tertiary/aromatic N) is 1. The Morgan fingerprint density at radius 3 is 2.52 bits per heavy atom. The first kappa shape index (κ1) is 16.4. The van der Waals surface area contributed by atoms with Gasteiger partial charge in [-0.1, -0.05) is 19.4 Å². The van der Waals surface area contributed by atoms with Crippen LogP contribution in [-0.2, 0) is 20.2 Å². The van der Waals surface area contributed by atoms with Gasteiger partial charge in [0.2, 0.25) is 10.0 Å². The van der Waals surface area contributed by atoms with Crippen LogP contribution in [0.3, 0.4) is 0 Å². The van der Waals surface area contributed by atoms with E-state index in [1.165, 1.54) is 16.4 Å². The lowest BCUT2D eigenvalue weighted by Gasteiger charge is -2.16. The summed E-state index contributed by atoms with van der Waals surface area (Å²) >= 11 is 0. The molecule has 1 aromatic rings. The standard InChI is InChI=1S/C13H18FNO4S2/c1-2-4-11-7-8-15(10-11)21(18,19)13-6-3-5-12(9-13)20(14,16)17/h3,5-6,9,11H,2,4,7-8,10H2,1H3. The van der Waals surface area contributed by atoms with Crippen molar-refractivity contribution in [2.75, 3.05) is 13.1 Å². The maximum Gasteiger partial charge on any atom is 0.332 e. The minimum Gasteiger partial charge on any atom is -0.207 e. The molecule has 1 unspecified atom stereocenters. The van der Waals surface area contributed by atoms with E-state index < -0.39 is 25.1 Å². The summed E-state index contributed by atoms with van der Waals surface area (Å²) in [6.45, 7) is 2.90. The third-order valence-electron chi connectivity index (χ3n) is 3.67. The van der Waals surface area contributed by atoms with Crippen molar-refractivity contribution in [2.24, 2.45) is 5.92 Å². The Balaban J connectivity index is 2.29. The van der Waals surface area contributed by atoms with E-state index in [2.05, 4.69) is 0 Å². The predicted molar refractivity (Wildman–Crippen MR) is 76.5 cm³/mol. The summed E-state index contributed by atoms with van der Waals surface area (Å²) in [5, 5.41) is 0. The summed E-state index contributed by atoms with van der Waals surface area (Å²) < 4.78 is 61.1. The fourth-order valence-corrected chi connectivity index (χ4v) is 4.76. The topological polar surface area (TPSA) is 71.5 Å². The number of hydrogen-bond donors (Lipinski definition) is 0. The van der Waals surface area contributed by atoms with Crippen molar-refractivity contribution in [3.05, 3.63) is 24.3 Å². The molecular weight excluding hydrogens is 317 g/mol. The second-order valence-electron chi connectivity index (χ2n) is 5.22. The molecule has 8 heteroatoms. The van der Waals surface area contributed by atoms with Crippen molar-refractivity contribution in [3.63, 3.8) is 0 Å². The average molecular weight is 335 g/mol. The molecule has 1 aliphatic heterocycles. The van der Waals surface area contributed by atoms with Crippen LogP contribution < -0.4 is 0 Å². The van der Waals surface area contributed by atoms with Crippen molar-refractivity contribution in [1.29, 1.82) is 0 Å². The molecule has 5 nitrogen and oxygen atoms in total. The zero-order valence-corrected chi connectivity index (χ0v) is 13.3. The van der Waals surface area contributed by atoms with Gasteiger partial charge in [0.1, 0.15) is 0 Å². The zero-order chi connectivity index (χ0) is 15.7. The molecular formula is C13H18FNO4S2. The van der Waals surface area contributed by atoms with Crippen molar-refractivity contribution in [3.8, 4) is 0 Å². The van der Waals surface area contributed by atoms with Gasteiger partial charge in [-0.15, -0.1) is 3.89 Å². The molecule has 0 bridgehead atoms. The predicted octanol–water partition coefficient (Wildman–Crippen LogP) is 2.16. The Hall–Kier alpha value is -0.990. The minimum atomic E-state index is -4.91. The van der Waals surface area contributed by atoms with Gasteiger partial charge >= 0.3 is 10.2 Å². The molecule has 0 aromatic heterocycles. The summed E-state index contributed by atoms with van der Waals surface area (Å²) in [5.41, 5.74) is 0. The van der Waals surface area contributed by atoms with E-state index in [9.17, 15) is 20.7 Å². The minimum absolute atomic E-state index is 0.182. The average Bonchev–Trinajstić information content (AvgIpc) is 2.88. The van der Waals surface area contributed by atoms with Crippen LogP contribution in [0.25, 0.3) is 0 Å². The highest BCUT2D eigenvalue weighted by Gasteiger charge is 2.32. The number of hydrogen-bond acceptors (Lipinski definition) is 4. The van der Waals surface area contributed by atoms with Crippen LogP contribution in [0.5, 0.6) is 0 Å². The van der Waals surface area contributed by atoms with Gasteiger partial charge in [0, 0.05) is 13.1 Å². The van der Waals surface area contributed by atoms with Crippen LogP contribution in [0.2, 0.25) is 0 Å². The first-order chi connectivity index (χ1) is 9.75. The molecule has 0 spiro atoms. The first-order valence-corrected chi connectivity index (χ1v) is 9.62. The lowest BCUT2D eigenvalue weighted by molar-refractivity contribution is 0.444. The molecule has 1 aliphatic rings. The van der Waals surface area contributed by atoms with E-state index in [1.54, 1.807) is 0 Å². The molecule has 118 valence electrons. The number of rotatable bonds is 5. The van der Waals surface area contributed by atoms with Gasteiger partial charge < -0.3 is 0 Å². The van der Waals surface area contributed by atoms with E-state index in [1.807, 2.05) is 6.92 Å². The van der Waals surface area contributed by atoms with E-state index in [0.29, 0.717) is 19.0 Å². The van der Waals surface area contributed by atoms with Crippen molar-refractivity contribution in [1.82, 2.24) is 4.31 Å². The van der Waals surface area contributed by atoms with Gasteiger partial charge in [0.15, 0.2) is 0 Å². The normalized spacial score (nSPS) is 20.8. The summed E-state index contributed by atoms with van der Waals surface area (Å²) in [6.07, 6.45) is 2.76. The second kappa shape index (κ2) is 6.02. The summed E-state index contributed by atoms with van der Waals surface area (Å²) in [7, 11) is -8.68. The highest BCUT2D eigenvalue weighted by Crippen LogP contribution is 2.28. The van der Waals surface area contributed by atoms with Gasteiger partial charge in [0.25, 0.3) is 0 Å². The molecule has 0 aliphatic carbocycles. The Morgan fingerprint density at radius 1 is 1.24 bits per heavy atom. The molecule has 2 rings (SSSR count). The van der Waals surface area contributed by atoms with E-state index in [0.717, 1.165) is 31.4 Å². The lowest BCUT2D eigenvalue weighted by Crippen LogP contribution is -2.29. The second-order valence-corrected chi connectivity index (χ2v) is 8.50. The third-order valence-corrected chi connectivity index (χ3v) is 6.35. The number of sulfonamides is 1. The maximum atomic E-state index is 13.0. The molecule has 1 aromatic carbocycles. The van der Waals surface area contributed by atoms with Crippen LogP contribution in [0.4, 0.5) is 3.89 Å². The van der Waals surface area contributed by atoms with Crippen LogP contribution in [0.1, 0.15) is 26.2 Å². The van der Waals surface area contributed by atoms with Crippen molar-refractivity contribution in [2.45, 2.75) is 36.0 Å². The van der Waals surface area contributed by atoms with Gasteiger partial charge in [-0.3, -0.25) is 0 Å². The van der Waals surface area contributed by atoms with Crippen LogP contribution in [0, 0.1) is 5.92 Å². The highest BCUT2D eigenvalue weighted by molar-refractivity contribution is 7.89.